The quantitative estimate of drug-likeness (QED) is 0.159. The van der Waals surface area contributed by atoms with Gasteiger partial charge in [-0.25, -0.2) is 0 Å². The summed E-state index contributed by atoms with van der Waals surface area (Å²) in [6.45, 7) is 7.23. The van der Waals surface area contributed by atoms with Crippen molar-refractivity contribution in [2.45, 2.75) is 32.1 Å². The molecular weight excluding hydrogens is 685 g/mol. The van der Waals surface area contributed by atoms with Gasteiger partial charge in [0.25, 0.3) is 0 Å². The molecule has 0 saturated carbocycles. The van der Waals surface area contributed by atoms with Crippen molar-refractivity contribution in [3.05, 3.63) is 204 Å². The maximum atomic E-state index is 2.57. The Hall–Kier alpha value is -6.76. The van der Waals surface area contributed by atoms with Gasteiger partial charge >= 0.3 is 0 Å². The van der Waals surface area contributed by atoms with Crippen LogP contribution in [0.3, 0.4) is 0 Å². The van der Waals surface area contributed by atoms with Gasteiger partial charge in [0.2, 0.25) is 0 Å². The molecule has 0 radical (unpaired) electrons. The standard InChI is InChI=1S/C57H40/c1-34-40-19-6-7-20-42(40)54-41(34)29-30-47-49(33-51-55(56(47)54)48-25-12-13-26-50(48)57(51,2)3)53-45-23-10-8-21-43(45)52(44-22-9-11-24-46(44)53)39-18-14-17-37(32-39)38-28-27-35-15-4-5-16-36(35)31-38/h4-34H,1-3H3. The summed E-state index contributed by atoms with van der Waals surface area (Å²) in [7, 11) is 0. The number of fused-ring (bicyclic) bond motifs is 12. The van der Waals surface area contributed by atoms with E-state index in [-0.39, 0.29) is 5.41 Å². The monoisotopic (exact) mass is 724 g/mol. The zero-order valence-corrected chi connectivity index (χ0v) is 32.4. The number of rotatable bonds is 3. The summed E-state index contributed by atoms with van der Waals surface area (Å²) in [6.07, 6.45) is 0. The molecule has 10 aromatic rings. The average Bonchev–Trinajstić information content (AvgIpc) is 3.68. The van der Waals surface area contributed by atoms with E-state index in [1.165, 1.54) is 121 Å². The Labute approximate surface area is 333 Å². The van der Waals surface area contributed by atoms with Crippen LogP contribution in [0.25, 0.3) is 98.7 Å². The molecule has 0 fully saturated rings. The molecule has 12 rings (SSSR count). The molecule has 0 nitrogen and oxygen atoms in total. The Morgan fingerprint density at radius 2 is 0.965 bits per heavy atom. The summed E-state index contributed by atoms with van der Waals surface area (Å²) in [5, 5.41) is 10.4. The molecule has 0 N–H and O–H groups in total. The Morgan fingerprint density at radius 3 is 1.74 bits per heavy atom. The normalized spacial score (nSPS) is 14.9. The third-order valence-electron chi connectivity index (χ3n) is 13.5. The summed E-state index contributed by atoms with van der Waals surface area (Å²) >= 11 is 0. The van der Waals surface area contributed by atoms with Crippen molar-refractivity contribution in [2.24, 2.45) is 0 Å². The zero-order chi connectivity index (χ0) is 38.0. The van der Waals surface area contributed by atoms with Gasteiger partial charge in [0.1, 0.15) is 0 Å². The third kappa shape index (κ3) is 4.50. The van der Waals surface area contributed by atoms with Gasteiger partial charge in [-0.3, -0.25) is 0 Å². The van der Waals surface area contributed by atoms with Crippen molar-refractivity contribution in [2.75, 3.05) is 0 Å². The molecule has 2 aliphatic carbocycles. The van der Waals surface area contributed by atoms with Gasteiger partial charge in [-0.2, -0.15) is 0 Å². The topological polar surface area (TPSA) is 0 Å². The second-order valence-electron chi connectivity index (χ2n) is 16.8. The predicted molar refractivity (Wildman–Crippen MR) is 243 cm³/mol. The largest absolute Gasteiger partial charge is 0.0619 e. The van der Waals surface area contributed by atoms with Crippen LogP contribution >= 0.6 is 0 Å². The Kier molecular flexibility index (Phi) is 6.77. The number of benzene rings is 10. The van der Waals surface area contributed by atoms with E-state index in [4.69, 9.17) is 0 Å². The average molecular weight is 725 g/mol. The highest BCUT2D eigenvalue weighted by atomic mass is 14.4. The van der Waals surface area contributed by atoms with Crippen LogP contribution < -0.4 is 0 Å². The smallest absolute Gasteiger partial charge is 0.0159 e. The molecule has 1 unspecified atom stereocenters. The molecule has 0 aliphatic heterocycles. The van der Waals surface area contributed by atoms with E-state index in [9.17, 15) is 0 Å². The second-order valence-corrected chi connectivity index (χ2v) is 16.8. The SMILES string of the molecule is CC1c2ccccc2-c2c1ccc1c(-c3c4ccccc4c(-c4cccc(-c5ccc6ccccc6c5)c4)c4ccccc34)cc3c(c21)-c1ccccc1C3(C)C. The number of hydrogen-bond donors (Lipinski definition) is 0. The minimum atomic E-state index is -0.157. The van der Waals surface area contributed by atoms with Crippen LogP contribution in [0.1, 0.15) is 48.9 Å². The fourth-order valence-corrected chi connectivity index (χ4v) is 10.8. The van der Waals surface area contributed by atoms with Gasteiger partial charge in [-0.15, -0.1) is 0 Å². The van der Waals surface area contributed by atoms with Gasteiger partial charge < -0.3 is 0 Å². The van der Waals surface area contributed by atoms with Crippen LogP contribution in [0.2, 0.25) is 0 Å². The highest BCUT2D eigenvalue weighted by Crippen LogP contribution is 2.59. The molecule has 0 aromatic heterocycles. The van der Waals surface area contributed by atoms with E-state index < -0.39 is 0 Å². The van der Waals surface area contributed by atoms with Crippen molar-refractivity contribution >= 4 is 43.1 Å². The highest BCUT2D eigenvalue weighted by Gasteiger charge is 2.39. The first kappa shape index (κ1) is 32.5. The molecule has 10 aromatic carbocycles. The molecule has 2 aliphatic rings. The van der Waals surface area contributed by atoms with Crippen molar-refractivity contribution < 1.29 is 0 Å². The minimum absolute atomic E-state index is 0.157. The van der Waals surface area contributed by atoms with E-state index in [2.05, 4.69) is 203 Å². The lowest BCUT2D eigenvalue weighted by Gasteiger charge is -2.25. The van der Waals surface area contributed by atoms with Crippen LogP contribution in [0.5, 0.6) is 0 Å². The minimum Gasteiger partial charge on any atom is -0.0619 e. The van der Waals surface area contributed by atoms with Gasteiger partial charge in [0.15, 0.2) is 0 Å². The molecule has 57 heavy (non-hydrogen) atoms. The van der Waals surface area contributed by atoms with Gasteiger partial charge in [-0.05, 0) is 139 Å². The summed E-state index contributed by atoms with van der Waals surface area (Å²) in [5.74, 6) is 0.343. The maximum Gasteiger partial charge on any atom is 0.0159 e. The van der Waals surface area contributed by atoms with E-state index >= 15 is 0 Å². The van der Waals surface area contributed by atoms with Crippen molar-refractivity contribution in [3.63, 3.8) is 0 Å². The summed E-state index contributed by atoms with van der Waals surface area (Å²) in [4.78, 5) is 0. The molecule has 0 heterocycles. The molecule has 1 atom stereocenters. The van der Waals surface area contributed by atoms with Crippen LogP contribution in [-0.4, -0.2) is 0 Å². The lowest BCUT2D eigenvalue weighted by molar-refractivity contribution is 0.661. The summed E-state index contributed by atoms with van der Waals surface area (Å²) < 4.78 is 0. The van der Waals surface area contributed by atoms with Crippen molar-refractivity contribution in [1.82, 2.24) is 0 Å². The molecule has 268 valence electrons. The fraction of sp³-hybridized carbons (Fsp3) is 0.0877. The van der Waals surface area contributed by atoms with Crippen molar-refractivity contribution in [1.29, 1.82) is 0 Å². The van der Waals surface area contributed by atoms with Gasteiger partial charge in [-0.1, -0.05) is 185 Å². The Balaban J connectivity index is 1.18. The van der Waals surface area contributed by atoms with Crippen molar-refractivity contribution in [3.8, 4) is 55.6 Å². The van der Waals surface area contributed by atoms with E-state index in [0.717, 1.165) is 0 Å². The first-order chi connectivity index (χ1) is 28.0. The first-order valence-electron chi connectivity index (χ1n) is 20.3. The molecule has 0 saturated heterocycles. The van der Waals surface area contributed by atoms with Crippen LogP contribution in [0.4, 0.5) is 0 Å². The van der Waals surface area contributed by atoms with E-state index in [1.54, 1.807) is 0 Å². The molecule has 0 heteroatoms. The number of hydrogen-bond acceptors (Lipinski definition) is 0. The second kappa shape index (κ2) is 11.9. The Morgan fingerprint density at radius 1 is 0.351 bits per heavy atom. The molecule has 0 spiro atoms. The van der Waals surface area contributed by atoms with Crippen LogP contribution in [-0.2, 0) is 5.41 Å². The lowest BCUT2D eigenvalue weighted by atomic mass is 9.78. The van der Waals surface area contributed by atoms with Gasteiger partial charge in [0, 0.05) is 11.3 Å². The summed E-state index contributed by atoms with van der Waals surface area (Å²) in [5.41, 5.74) is 18.7. The van der Waals surface area contributed by atoms with E-state index in [1.807, 2.05) is 0 Å². The predicted octanol–water partition coefficient (Wildman–Crippen LogP) is 15.7. The third-order valence-corrected chi connectivity index (χ3v) is 13.5. The van der Waals surface area contributed by atoms with E-state index in [0.29, 0.717) is 5.92 Å². The summed E-state index contributed by atoms with van der Waals surface area (Å²) in [6, 6.07) is 68.6. The Bertz CT molecular complexity index is 3280. The van der Waals surface area contributed by atoms with Gasteiger partial charge in [0.05, 0.1) is 0 Å². The zero-order valence-electron chi connectivity index (χ0n) is 32.4. The van der Waals surface area contributed by atoms with Crippen LogP contribution in [0.15, 0.2) is 182 Å². The lowest BCUT2D eigenvalue weighted by Crippen LogP contribution is -2.15. The van der Waals surface area contributed by atoms with Crippen LogP contribution in [0, 0.1) is 0 Å². The highest BCUT2D eigenvalue weighted by molar-refractivity contribution is 6.26. The molecule has 0 bridgehead atoms. The maximum absolute atomic E-state index is 2.57. The molecule has 0 amide bonds. The molecular formula is C57H40. The first-order valence-corrected chi connectivity index (χ1v) is 20.3. The fourth-order valence-electron chi connectivity index (χ4n) is 10.8.